The van der Waals surface area contributed by atoms with Gasteiger partial charge in [-0.3, -0.25) is 4.79 Å². The molecule has 0 amide bonds. The minimum absolute atomic E-state index is 0.155. The minimum Gasteiger partial charge on any atom is -0.392 e. The van der Waals surface area contributed by atoms with Gasteiger partial charge in [0.05, 0.1) is 12.0 Å². The number of hydrogen-bond donors (Lipinski definition) is 1. The van der Waals surface area contributed by atoms with Gasteiger partial charge in [-0.05, 0) is 36.5 Å². The van der Waals surface area contributed by atoms with Gasteiger partial charge in [0.2, 0.25) is 0 Å². The highest BCUT2D eigenvalue weighted by Crippen LogP contribution is 2.34. The van der Waals surface area contributed by atoms with Crippen molar-refractivity contribution in [3.8, 4) is 11.1 Å². The molecule has 2 heteroatoms. The Kier molecular flexibility index (Phi) is 7.39. The third kappa shape index (κ3) is 5.02. The van der Waals surface area contributed by atoms with E-state index < -0.39 is 12.0 Å². The van der Waals surface area contributed by atoms with Crippen LogP contribution in [0.5, 0.6) is 0 Å². The van der Waals surface area contributed by atoms with Crippen molar-refractivity contribution in [1.29, 1.82) is 0 Å². The molecule has 0 spiro atoms. The van der Waals surface area contributed by atoms with E-state index in [-0.39, 0.29) is 5.78 Å². The number of hydrogen-bond acceptors (Lipinski definition) is 2. The lowest BCUT2D eigenvalue weighted by molar-refractivity contribution is -0.123. The van der Waals surface area contributed by atoms with Gasteiger partial charge in [-0.25, -0.2) is 0 Å². The molecule has 0 aliphatic rings. The second-order valence-electron chi connectivity index (χ2n) is 6.86. The van der Waals surface area contributed by atoms with E-state index >= 15 is 0 Å². The summed E-state index contributed by atoms with van der Waals surface area (Å²) in [7, 11) is 0. The van der Waals surface area contributed by atoms with E-state index in [2.05, 4.69) is 44.2 Å². The molecule has 2 atom stereocenters. The molecule has 0 unspecified atom stereocenters. The third-order valence-electron chi connectivity index (χ3n) is 4.75. The highest BCUT2D eigenvalue weighted by Gasteiger charge is 2.29. The van der Waals surface area contributed by atoms with Crippen LogP contribution in [0.2, 0.25) is 0 Å². The molecule has 134 valence electrons. The first-order valence-electron chi connectivity index (χ1n) is 9.45. The largest absolute Gasteiger partial charge is 0.392 e. The number of Topliss-reactive ketones (excluding diaryl/α,β-unsaturated/α-hetero) is 1. The van der Waals surface area contributed by atoms with Gasteiger partial charge in [0, 0.05) is 6.42 Å². The van der Waals surface area contributed by atoms with Crippen LogP contribution in [-0.2, 0) is 4.79 Å². The summed E-state index contributed by atoms with van der Waals surface area (Å²) < 4.78 is 0. The van der Waals surface area contributed by atoms with Gasteiger partial charge in [0.15, 0.2) is 0 Å². The predicted molar refractivity (Wildman–Crippen MR) is 105 cm³/mol. The molecule has 0 aliphatic heterocycles. The van der Waals surface area contributed by atoms with Crippen LogP contribution < -0.4 is 0 Å². The van der Waals surface area contributed by atoms with Crippen molar-refractivity contribution >= 4 is 5.78 Å². The smallest absolute Gasteiger partial charge is 0.142 e. The van der Waals surface area contributed by atoms with E-state index in [9.17, 15) is 9.90 Å². The van der Waals surface area contributed by atoms with E-state index in [1.165, 1.54) is 5.56 Å². The zero-order chi connectivity index (χ0) is 18.2. The fraction of sp³-hybridized carbons (Fsp3) is 0.435. The van der Waals surface area contributed by atoms with Crippen molar-refractivity contribution in [2.45, 2.75) is 64.9 Å². The number of aryl methyl sites for hydroxylation is 1. The SMILES string of the molecule is CCCCC(=O)[C@H](c1ccccc1-c1ccc(C)cc1)[C@@H](O)CCC. The molecule has 0 saturated carbocycles. The van der Waals surface area contributed by atoms with Gasteiger partial charge in [0.1, 0.15) is 5.78 Å². The van der Waals surface area contributed by atoms with Crippen molar-refractivity contribution in [3.05, 3.63) is 59.7 Å². The zero-order valence-corrected chi connectivity index (χ0v) is 15.7. The molecule has 0 bridgehead atoms. The lowest BCUT2D eigenvalue weighted by Gasteiger charge is -2.24. The number of carbonyl (C=O) groups excluding carboxylic acids is 1. The first kappa shape index (κ1) is 19.4. The summed E-state index contributed by atoms with van der Waals surface area (Å²) in [4.78, 5) is 12.9. The summed E-state index contributed by atoms with van der Waals surface area (Å²) in [6.45, 7) is 6.20. The quantitative estimate of drug-likeness (QED) is 0.640. The molecule has 0 radical (unpaired) electrons. The maximum atomic E-state index is 12.9. The van der Waals surface area contributed by atoms with E-state index in [1.54, 1.807) is 0 Å². The van der Waals surface area contributed by atoms with Crippen LogP contribution >= 0.6 is 0 Å². The number of aliphatic hydroxyl groups excluding tert-OH is 1. The molecular weight excluding hydrogens is 308 g/mol. The number of benzene rings is 2. The Labute approximate surface area is 151 Å². The van der Waals surface area contributed by atoms with E-state index in [4.69, 9.17) is 0 Å². The van der Waals surface area contributed by atoms with Gasteiger partial charge < -0.3 is 5.11 Å². The lowest BCUT2D eigenvalue weighted by Crippen LogP contribution is -2.26. The molecule has 25 heavy (non-hydrogen) atoms. The molecule has 0 saturated heterocycles. The Bertz CT molecular complexity index is 673. The highest BCUT2D eigenvalue weighted by molar-refractivity contribution is 5.89. The third-order valence-corrected chi connectivity index (χ3v) is 4.75. The fourth-order valence-corrected chi connectivity index (χ4v) is 3.33. The average Bonchev–Trinajstić information content (AvgIpc) is 2.61. The maximum Gasteiger partial charge on any atom is 0.142 e. The van der Waals surface area contributed by atoms with Crippen molar-refractivity contribution < 1.29 is 9.90 Å². The van der Waals surface area contributed by atoms with Gasteiger partial charge in [-0.15, -0.1) is 0 Å². The van der Waals surface area contributed by atoms with Crippen LogP contribution in [0.3, 0.4) is 0 Å². The number of unbranched alkanes of at least 4 members (excludes halogenated alkanes) is 1. The Hall–Kier alpha value is -1.93. The van der Waals surface area contributed by atoms with Crippen LogP contribution in [0.25, 0.3) is 11.1 Å². The second kappa shape index (κ2) is 9.53. The molecule has 2 aromatic rings. The average molecular weight is 338 g/mol. The monoisotopic (exact) mass is 338 g/mol. The van der Waals surface area contributed by atoms with Crippen LogP contribution in [0, 0.1) is 6.92 Å². The van der Waals surface area contributed by atoms with E-state index in [0.29, 0.717) is 12.8 Å². The number of carbonyl (C=O) groups is 1. The topological polar surface area (TPSA) is 37.3 Å². The normalized spacial score (nSPS) is 13.4. The number of aliphatic hydroxyl groups is 1. The van der Waals surface area contributed by atoms with Crippen molar-refractivity contribution in [2.24, 2.45) is 0 Å². The van der Waals surface area contributed by atoms with Crippen molar-refractivity contribution in [1.82, 2.24) is 0 Å². The Balaban J connectivity index is 2.46. The Morgan fingerprint density at radius 1 is 1.00 bits per heavy atom. The molecule has 2 aromatic carbocycles. The van der Waals surface area contributed by atoms with E-state index in [1.807, 2.05) is 25.1 Å². The predicted octanol–water partition coefficient (Wildman–Crippen LogP) is 5.67. The van der Waals surface area contributed by atoms with Crippen molar-refractivity contribution in [2.75, 3.05) is 0 Å². The fourth-order valence-electron chi connectivity index (χ4n) is 3.33. The summed E-state index contributed by atoms with van der Waals surface area (Å²) in [6, 6.07) is 16.4. The summed E-state index contributed by atoms with van der Waals surface area (Å²) in [5.41, 5.74) is 4.31. The van der Waals surface area contributed by atoms with Crippen LogP contribution in [0.15, 0.2) is 48.5 Å². The summed E-state index contributed by atoms with van der Waals surface area (Å²) in [5, 5.41) is 10.7. The first-order chi connectivity index (χ1) is 12.1. The standard InChI is InChI=1S/C23H30O2/c1-4-6-12-22(25)23(21(24)9-5-2)20-11-8-7-10-19(20)18-15-13-17(3)14-16-18/h7-8,10-11,13-16,21,23-24H,4-6,9,12H2,1-3H3/t21-,23+/m0/s1. The van der Waals surface area contributed by atoms with Gasteiger partial charge in [-0.1, -0.05) is 80.8 Å². The van der Waals surface area contributed by atoms with Gasteiger partial charge in [-0.2, -0.15) is 0 Å². The number of rotatable bonds is 9. The molecule has 1 N–H and O–H groups in total. The van der Waals surface area contributed by atoms with Gasteiger partial charge >= 0.3 is 0 Å². The second-order valence-corrected chi connectivity index (χ2v) is 6.86. The summed E-state index contributed by atoms with van der Waals surface area (Å²) in [6.07, 6.45) is 3.28. The first-order valence-corrected chi connectivity index (χ1v) is 9.45. The molecule has 0 heterocycles. The van der Waals surface area contributed by atoms with Crippen molar-refractivity contribution in [3.63, 3.8) is 0 Å². The molecule has 0 aromatic heterocycles. The van der Waals surface area contributed by atoms with Crippen LogP contribution in [-0.4, -0.2) is 17.0 Å². The minimum atomic E-state index is -0.624. The highest BCUT2D eigenvalue weighted by atomic mass is 16.3. The Morgan fingerprint density at radius 2 is 1.68 bits per heavy atom. The lowest BCUT2D eigenvalue weighted by atomic mass is 9.81. The van der Waals surface area contributed by atoms with Gasteiger partial charge in [0.25, 0.3) is 0 Å². The maximum absolute atomic E-state index is 12.9. The van der Waals surface area contributed by atoms with Crippen LogP contribution in [0.1, 0.15) is 63.0 Å². The van der Waals surface area contributed by atoms with Crippen LogP contribution in [0.4, 0.5) is 0 Å². The zero-order valence-electron chi connectivity index (χ0n) is 15.7. The number of ketones is 1. The van der Waals surface area contributed by atoms with E-state index in [0.717, 1.165) is 36.0 Å². The molecular formula is C23H30O2. The molecule has 0 fully saturated rings. The Morgan fingerprint density at radius 3 is 2.32 bits per heavy atom. The summed E-state index contributed by atoms with van der Waals surface area (Å²) >= 11 is 0. The molecule has 0 aliphatic carbocycles. The molecule has 2 nitrogen and oxygen atoms in total. The molecule has 2 rings (SSSR count). The summed E-state index contributed by atoms with van der Waals surface area (Å²) in [5.74, 6) is -0.286.